The summed E-state index contributed by atoms with van der Waals surface area (Å²) in [7, 11) is 1.78. The van der Waals surface area contributed by atoms with Gasteiger partial charge in [0.05, 0.1) is 11.7 Å². The molecule has 0 aromatic carbocycles. The third-order valence-corrected chi connectivity index (χ3v) is 4.04. The van der Waals surface area contributed by atoms with Crippen LogP contribution in [0.2, 0.25) is 0 Å². The van der Waals surface area contributed by atoms with E-state index in [1.54, 1.807) is 22.8 Å². The number of aromatic amines is 1. The van der Waals surface area contributed by atoms with Gasteiger partial charge in [-0.1, -0.05) is 0 Å². The maximum Gasteiger partial charge on any atom is 0.263 e. The Bertz CT molecular complexity index is 800. The lowest BCUT2D eigenvalue weighted by Gasteiger charge is -2.30. The highest BCUT2D eigenvalue weighted by atomic mass is 16.2. The molecule has 2 N–H and O–H groups in total. The summed E-state index contributed by atoms with van der Waals surface area (Å²) >= 11 is 0. The summed E-state index contributed by atoms with van der Waals surface area (Å²) in [5, 5.41) is 8.00. The number of likely N-dealkylation sites (N-methyl/N-ethyl adjacent to an activating group) is 1. The van der Waals surface area contributed by atoms with Gasteiger partial charge in [-0.2, -0.15) is 10.1 Å². The molecule has 1 saturated heterocycles. The Hall–Kier alpha value is -2.38. The molecule has 23 heavy (non-hydrogen) atoms. The maximum atomic E-state index is 12.2. The van der Waals surface area contributed by atoms with Gasteiger partial charge in [0.25, 0.3) is 5.56 Å². The van der Waals surface area contributed by atoms with Crippen LogP contribution in [0.1, 0.15) is 33.6 Å². The number of hydrogen-bond donors (Lipinski definition) is 2. The topological polar surface area (TPSA) is 95.9 Å². The highest BCUT2D eigenvalue weighted by Crippen LogP contribution is 2.19. The highest BCUT2D eigenvalue weighted by molar-refractivity contribution is 5.77. The van der Waals surface area contributed by atoms with Gasteiger partial charge in [0.1, 0.15) is 5.39 Å². The van der Waals surface area contributed by atoms with Crippen molar-refractivity contribution in [1.82, 2.24) is 24.6 Å². The first-order chi connectivity index (χ1) is 10.8. The number of rotatable bonds is 2. The largest absolute Gasteiger partial charge is 0.351 e. The number of fused-ring (bicyclic) bond motifs is 1. The van der Waals surface area contributed by atoms with Gasteiger partial charge < -0.3 is 10.2 Å². The van der Waals surface area contributed by atoms with Crippen LogP contribution in [0.25, 0.3) is 11.0 Å². The predicted octanol–water partition coefficient (Wildman–Crippen LogP) is 0.907. The summed E-state index contributed by atoms with van der Waals surface area (Å²) in [6, 6.07) is 0.0734. The van der Waals surface area contributed by atoms with E-state index >= 15 is 0 Å². The number of hydrogen-bond acceptors (Lipinski definition) is 5. The molecule has 1 amide bonds. The minimum Gasteiger partial charge on any atom is -0.351 e. The molecule has 1 aliphatic rings. The number of nitrogens with one attached hydrogen (secondary N) is 2. The summed E-state index contributed by atoms with van der Waals surface area (Å²) in [4.78, 5) is 32.8. The summed E-state index contributed by atoms with van der Waals surface area (Å²) < 4.78 is 1.75. The molecule has 3 rings (SSSR count). The fraction of sp³-hybridized carbons (Fsp3) is 0.600. The first-order valence-electron chi connectivity index (χ1n) is 7.75. The third kappa shape index (κ3) is 2.93. The minimum atomic E-state index is -0.267. The second-order valence-corrected chi connectivity index (χ2v) is 7.03. The van der Waals surface area contributed by atoms with Gasteiger partial charge in [0, 0.05) is 26.1 Å². The molecule has 0 aliphatic carbocycles. The number of anilines is 1. The molecular weight excluding hydrogens is 296 g/mol. The van der Waals surface area contributed by atoms with Crippen LogP contribution in [0.4, 0.5) is 5.95 Å². The Kier molecular flexibility index (Phi) is 3.62. The molecule has 1 fully saturated rings. The summed E-state index contributed by atoms with van der Waals surface area (Å²) in [5.41, 5.74) is 0.0781. The van der Waals surface area contributed by atoms with Crippen molar-refractivity contribution in [2.24, 2.45) is 0 Å². The number of aromatic nitrogens is 4. The SMILES string of the molecule is CN1C[C@H](Nc2nc3c(cnn3C(C)(C)C)c(=O)[nH]2)CCC1=O. The van der Waals surface area contributed by atoms with Gasteiger partial charge in [-0.05, 0) is 27.2 Å². The van der Waals surface area contributed by atoms with Gasteiger partial charge in [-0.3, -0.25) is 14.6 Å². The quantitative estimate of drug-likeness (QED) is 0.858. The van der Waals surface area contributed by atoms with E-state index in [0.29, 0.717) is 29.9 Å². The molecule has 8 nitrogen and oxygen atoms in total. The molecule has 0 spiro atoms. The Labute approximate surface area is 133 Å². The number of nitrogens with zero attached hydrogens (tertiary/aromatic N) is 4. The minimum absolute atomic E-state index is 0.0734. The van der Waals surface area contributed by atoms with E-state index in [1.165, 1.54) is 0 Å². The monoisotopic (exact) mass is 318 g/mol. The molecule has 0 saturated carbocycles. The van der Waals surface area contributed by atoms with Gasteiger partial charge >= 0.3 is 0 Å². The number of carbonyl (C=O) groups excluding carboxylic acids is 1. The smallest absolute Gasteiger partial charge is 0.263 e. The van der Waals surface area contributed by atoms with Gasteiger partial charge in [-0.25, -0.2) is 4.68 Å². The molecule has 3 heterocycles. The molecule has 124 valence electrons. The zero-order valence-electron chi connectivity index (χ0n) is 13.9. The van der Waals surface area contributed by atoms with Crippen molar-refractivity contribution in [2.45, 2.75) is 45.2 Å². The molecule has 1 atom stereocenters. The lowest BCUT2D eigenvalue weighted by molar-refractivity contribution is -0.132. The molecule has 0 bridgehead atoms. The highest BCUT2D eigenvalue weighted by Gasteiger charge is 2.24. The maximum absolute atomic E-state index is 12.2. The fourth-order valence-corrected chi connectivity index (χ4v) is 2.80. The Morgan fingerprint density at radius 1 is 1.35 bits per heavy atom. The van der Waals surface area contributed by atoms with Gasteiger partial charge in [0.15, 0.2) is 5.65 Å². The van der Waals surface area contributed by atoms with Crippen molar-refractivity contribution in [3.63, 3.8) is 0 Å². The van der Waals surface area contributed by atoms with Crippen LogP contribution < -0.4 is 10.9 Å². The molecule has 2 aromatic rings. The molecule has 0 unspecified atom stereocenters. The van der Waals surface area contributed by atoms with Crippen molar-refractivity contribution >= 4 is 22.9 Å². The zero-order valence-corrected chi connectivity index (χ0v) is 13.9. The van der Waals surface area contributed by atoms with Gasteiger partial charge in [0.2, 0.25) is 11.9 Å². The average molecular weight is 318 g/mol. The number of H-pyrrole nitrogens is 1. The first-order valence-corrected chi connectivity index (χ1v) is 7.75. The van der Waals surface area contributed by atoms with Crippen LogP contribution in [0.5, 0.6) is 0 Å². The summed E-state index contributed by atoms with van der Waals surface area (Å²) in [6.07, 6.45) is 2.77. The van der Waals surface area contributed by atoms with Crippen LogP contribution >= 0.6 is 0 Å². The fourth-order valence-electron chi connectivity index (χ4n) is 2.80. The lowest BCUT2D eigenvalue weighted by atomic mass is 10.1. The van der Waals surface area contributed by atoms with Crippen LogP contribution in [0.3, 0.4) is 0 Å². The number of amides is 1. The third-order valence-electron chi connectivity index (χ3n) is 4.04. The standard InChI is InChI=1S/C15H22N6O2/c1-15(2,3)21-12-10(7-16-21)13(23)19-14(18-12)17-9-5-6-11(22)20(4)8-9/h7,9H,5-6,8H2,1-4H3,(H2,17,18,19,23)/t9-/m1/s1. The van der Waals surface area contributed by atoms with Crippen molar-refractivity contribution in [1.29, 1.82) is 0 Å². The Morgan fingerprint density at radius 3 is 2.74 bits per heavy atom. The molecule has 0 radical (unpaired) electrons. The molecule has 2 aromatic heterocycles. The van der Waals surface area contributed by atoms with Crippen molar-refractivity contribution in [3.8, 4) is 0 Å². The normalized spacial score (nSPS) is 19.4. The Morgan fingerprint density at radius 2 is 2.09 bits per heavy atom. The number of likely N-dealkylation sites (tertiary alicyclic amines) is 1. The van der Waals surface area contributed by atoms with Crippen molar-refractivity contribution in [3.05, 3.63) is 16.6 Å². The second-order valence-electron chi connectivity index (χ2n) is 7.03. The van der Waals surface area contributed by atoms with Crippen molar-refractivity contribution in [2.75, 3.05) is 18.9 Å². The Balaban J connectivity index is 1.93. The second kappa shape index (κ2) is 5.36. The van der Waals surface area contributed by atoms with E-state index in [4.69, 9.17) is 0 Å². The molecular formula is C15H22N6O2. The molecule has 8 heteroatoms. The van der Waals surface area contributed by atoms with Crippen LogP contribution in [-0.2, 0) is 10.3 Å². The number of carbonyl (C=O) groups is 1. The van der Waals surface area contributed by atoms with E-state index in [9.17, 15) is 9.59 Å². The number of piperidine rings is 1. The van der Waals surface area contributed by atoms with E-state index in [0.717, 1.165) is 6.42 Å². The van der Waals surface area contributed by atoms with Crippen LogP contribution in [0.15, 0.2) is 11.0 Å². The average Bonchev–Trinajstić information content (AvgIpc) is 2.87. The summed E-state index contributed by atoms with van der Waals surface area (Å²) in [5.74, 6) is 0.562. The van der Waals surface area contributed by atoms with E-state index in [1.807, 2.05) is 20.8 Å². The summed E-state index contributed by atoms with van der Waals surface area (Å²) in [6.45, 7) is 6.63. The van der Waals surface area contributed by atoms with Gasteiger partial charge in [-0.15, -0.1) is 0 Å². The predicted molar refractivity (Wildman–Crippen MR) is 87.4 cm³/mol. The zero-order chi connectivity index (χ0) is 16.8. The van der Waals surface area contributed by atoms with E-state index < -0.39 is 0 Å². The lowest BCUT2D eigenvalue weighted by Crippen LogP contribution is -2.43. The van der Waals surface area contributed by atoms with Crippen LogP contribution in [-0.4, -0.2) is 50.2 Å². The van der Waals surface area contributed by atoms with Crippen molar-refractivity contribution < 1.29 is 4.79 Å². The molecule has 1 aliphatic heterocycles. The van der Waals surface area contributed by atoms with E-state index in [-0.39, 0.29) is 23.0 Å². The first kappa shape index (κ1) is 15.5. The van der Waals surface area contributed by atoms with Crippen LogP contribution in [0, 0.1) is 0 Å². The van der Waals surface area contributed by atoms with E-state index in [2.05, 4.69) is 20.4 Å².